The first-order chi connectivity index (χ1) is 9.34. The zero-order valence-electron chi connectivity index (χ0n) is 11.6. The van der Waals surface area contributed by atoms with Crippen LogP contribution in [0.3, 0.4) is 0 Å². The first-order valence-corrected chi connectivity index (χ1v) is 7.93. The highest BCUT2D eigenvalue weighted by atomic mass is 35.5. The maximum atomic E-state index is 12.2. The second-order valence-electron chi connectivity index (χ2n) is 5.25. The molecule has 3 nitrogen and oxygen atoms in total. The summed E-state index contributed by atoms with van der Waals surface area (Å²) in [5, 5.41) is 0.864. The normalized spacial score (nSPS) is 16.8. The van der Waals surface area contributed by atoms with E-state index in [9.17, 15) is 4.79 Å². The molecule has 1 fully saturated rings. The van der Waals surface area contributed by atoms with Crippen LogP contribution in [0, 0.1) is 0 Å². The maximum absolute atomic E-state index is 12.2. The van der Waals surface area contributed by atoms with E-state index < -0.39 is 0 Å². The number of hydrogen-bond acceptors (Lipinski definition) is 3. The van der Waals surface area contributed by atoms with E-state index in [-0.39, 0.29) is 18.0 Å². The van der Waals surface area contributed by atoms with Gasteiger partial charge in [-0.05, 0) is 38.1 Å². The Kier molecular flexibility index (Phi) is 5.64. The van der Waals surface area contributed by atoms with E-state index in [0.29, 0.717) is 0 Å². The summed E-state index contributed by atoms with van der Waals surface area (Å²) in [5.41, 5.74) is 0.176. The molecule has 0 bridgehead atoms. The molecule has 1 aliphatic rings. The van der Waals surface area contributed by atoms with E-state index in [1.54, 1.807) is 11.5 Å². The van der Waals surface area contributed by atoms with E-state index >= 15 is 0 Å². The van der Waals surface area contributed by atoms with Crippen LogP contribution in [-0.4, -0.2) is 28.5 Å². The third kappa shape index (κ3) is 3.43. The number of halogens is 1. The van der Waals surface area contributed by atoms with Gasteiger partial charge in [0.2, 0.25) is 0 Å². The molecule has 1 saturated heterocycles. The number of aromatic nitrogens is 1. The highest BCUT2D eigenvalue weighted by molar-refractivity contribution is 7.13. The van der Waals surface area contributed by atoms with Crippen LogP contribution in [0.4, 0.5) is 0 Å². The van der Waals surface area contributed by atoms with E-state index in [2.05, 4.69) is 4.90 Å². The molecule has 1 aromatic carbocycles. The lowest BCUT2D eigenvalue weighted by Gasteiger charge is -2.19. The number of rotatable bonds is 3. The molecular weight excluding hydrogens is 292 g/mol. The Morgan fingerprint density at radius 2 is 1.70 bits per heavy atom. The molecule has 1 aromatic heterocycles. The van der Waals surface area contributed by atoms with Gasteiger partial charge in [-0.15, -0.1) is 12.4 Å². The SMILES string of the molecule is Cl.O=c1c2ccccc2sn1CCN1CCCCCC1. The van der Waals surface area contributed by atoms with Gasteiger partial charge in [0.15, 0.2) is 0 Å². The molecular formula is C15H21ClN2OS. The van der Waals surface area contributed by atoms with Crippen LogP contribution in [0.1, 0.15) is 25.7 Å². The first kappa shape index (κ1) is 15.5. The van der Waals surface area contributed by atoms with Crippen molar-refractivity contribution < 1.29 is 0 Å². The molecule has 3 rings (SSSR count). The minimum Gasteiger partial charge on any atom is -0.302 e. The van der Waals surface area contributed by atoms with Gasteiger partial charge in [-0.3, -0.25) is 8.75 Å². The summed E-state index contributed by atoms with van der Waals surface area (Å²) in [6, 6.07) is 7.90. The molecule has 0 atom stereocenters. The van der Waals surface area contributed by atoms with Gasteiger partial charge in [0, 0.05) is 13.1 Å². The van der Waals surface area contributed by atoms with Crippen LogP contribution in [0.5, 0.6) is 0 Å². The van der Waals surface area contributed by atoms with Crippen molar-refractivity contribution in [3.8, 4) is 0 Å². The Balaban J connectivity index is 0.00000147. The molecule has 0 radical (unpaired) electrons. The molecule has 5 heteroatoms. The zero-order chi connectivity index (χ0) is 13.1. The van der Waals surface area contributed by atoms with Gasteiger partial charge in [0.25, 0.3) is 5.56 Å². The highest BCUT2D eigenvalue weighted by Crippen LogP contribution is 2.16. The summed E-state index contributed by atoms with van der Waals surface area (Å²) in [6.07, 6.45) is 5.33. The predicted octanol–water partition coefficient (Wildman–Crippen LogP) is 3.36. The van der Waals surface area contributed by atoms with Gasteiger partial charge < -0.3 is 4.90 Å². The first-order valence-electron chi connectivity index (χ1n) is 7.16. The molecule has 0 unspecified atom stereocenters. The van der Waals surface area contributed by atoms with Gasteiger partial charge in [-0.1, -0.05) is 36.5 Å². The van der Waals surface area contributed by atoms with Crippen LogP contribution in [-0.2, 0) is 6.54 Å². The van der Waals surface area contributed by atoms with Crippen LogP contribution >= 0.6 is 23.9 Å². The van der Waals surface area contributed by atoms with E-state index in [4.69, 9.17) is 0 Å². The predicted molar refractivity (Wildman–Crippen MR) is 88.2 cm³/mol. The average Bonchev–Trinajstić information content (AvgIpc) is 2.63. The standard InChI is InChI=1S/C15H20N2OS.ClH/c18-15-13-7-3-4-8-14(13)19-17(15)12-11-16-9-5-1-2-6-10-16;/h3-4,7-8H,1-2,5-6,9-12H2;1H. The number of fused-ring (bicyclic) bond motifs is 1. The molecule has 20 heavy (non-hydrogen) atoms. The van der Waals surface area contributed by atoms with E-state index in [1.807, 2.05) is 28.2 Å². The highest BCUT2D eigenvalue weighted by Gasteiger charge is 2.11. The molecule has 0 amide bonds. The van der Waals surface area contributed by atoms with Crippen LogP contribution in [0.25, 0.3) is 10.1 Å². The number of benzene rings is 1. The third-order valence-electron chi connectivity index (χ3n) is 3.87. The fourth-order valence-electron chi connectivity index (χ4n) is 2.76. The molecule has 110 valence electrons. The molecule has 0 saturated carbocycles. The minimum absolute atomic E-state index is 0. The Labute approximate surface area is 129 Å². The summed E-state index contributed by atoms with van der Waals surface area (Å²) in [4.78, 5) is 14.7. The third-order valence-corrected chi connectivity index (χ3v) is 4.99. The van der Waals surface area contributed by atoms with Gasteiger partial charge in [0.1, 0.15) is 0 Å². The van der Waals surface area contributed by atoms with Crippen molar-refractivity contribution in [1.82, 2.24) is 8.86 Å². The largest absolute Gasteiger partial charge is 0.302 e. The Hall–Kier alpha value is -0.840. The zero-order valence-corrected chi connectivity index (χ0v) is 13.2. The van der Waals surface area contributed by atoms with Crippen molar-refractivity contribution in [3.05, 3.63) is 34.6 Å². The Morgan fingerprint density at radius 1 is 1.00 bits per heavy atom. The Bertz CT molecular complexity index is 599. The van der Waals surface area contributed by atoms with E-state index in [1.165, 1.54) is 38.8 Å². The second-order valence-corrected chi connectivity index (χ2v) is 6.31. The quantitative estimate of drug-likeness (QED) is 0.868. The van der Waals surface area contributed by atoms with Gasteiger partial charge in [0.05, 0.1) is 10.1 Å². The molecule has 2 aromatic rings. The molecule has 0 N–H and O–H groups in total. The van der Waals surface area contributed by atoms with Crippen LogP contribution in [0.15, 0.2) is 29.1 Å². The smallest absolute Gasteiger partial charge is 0.268 e. The van der Waals surface area contributed by atoms with Gasteiger partial charge >= 0.3 is 0 Å². The topological polar surface area (TPSA) is 25.2 Å². The van der Waals surface area contributed by atoms with Crippen molar-refractivity contribution in [2.75, 3.05) is 19.6 Å². The molecule has 1 aliphatic heterocycles. The second kappa shape index (κ2) is 7.25. The van der Waals surface area contributed by atoms with Crippen molar-refractivity contribution in [3.63, 3.8) is 0 Å². The number of nitrogens with zero attached hydrogens (tertiary/aromatic N) is 2. The fourth-order valence-corrected chi connectivity index (χ4v) is 3.74. The summed E-state index contributed by atoms with van der Waals surface area (Å²) in [7, 11) is 0. The van der Waals surface area contributed by atoms with Crippen molar-refractivity contribution in [2.24, 2.45) is 0 Å². The lowest BCUT2D eigenvalue weighted by Crippen LogP contribution is -2.30. The maximum Gasteiger partial charge on any atom is 0.268 e. The fraction of sp³-hybridized carbons (Fsp3) is 0.533. The molecule has 2 heterocycles. The van der Waals surface area contributed by atoms with Gasteiger partial charge in [-0.25, -0.2) is 0 Å². The van der Waals surface area contributed by atoms with Crippen LogP contribution < -0.4 is 5.56 Å². The average molecular weight is 313 g/mol. The summed E-state index contributed by atoms with van der Waals surface area (Å²) in [5.74, 6) is 0. The summed E-state index contributed by atoms with van der Waals surface area (Å²) >= 11 is 1.60. The van der Waals surface area contributed by atoms with E-state index in [0.717, 1.165) is 23.2 Å². The minimum atomic E-state index is 0. The molecule has 0 spiro atoms. The monoisotopic (exact) mass is 312 g/mol. The van der Waals surface area contributed by atoms with Crippen molar-refractivity contribution >= 4 is 34.0 Å². The summed E-state index contributed by atoms with van der Waals surface area (Å²) < 4.78 is 3.01. The summed E-state index contributed by atoms with van der Waals surface area (Å²) in [6.45, 7) is 4.23. The molecule has 0 aliphatic carbocycles. The number of hydrogen-bond donors (Lipinski definition) is 0. The lowest BCUT2D eigenvalue weighted by atomic mass is 10.2. The van der Waals surface area contributed by atoms with Crippen molar-refractivity contribution in [2.45, 2.75) is 32.2 Å². The Morgan fingerprint density at radius 3 is 2.40 bits per heavy atom. The van der Waals surface area contributed by atoms with Crippen molar-refractivity contribution in [1.29, 1.82) is 0 Å². The van der Waals surface area contributed by atoms with Gasteiger partial charge in [-0.2, -0.15) is 0 Å². The van der Waals surface area contributed by atoms with Crippen LogP contribution in [0.2, 0.25) is 0 Å². The lowest BCUT2D eigenvalue weighted by molar-refractivity contribution is 0.275. The number of likely N-dealkylation sites (tertiary alicyclic amines) is 1.